The van der Waals surface area contributed by atoms with Crippen LogP contribution in [0.25, 0.3) is 0 Å². The van der Waals surface area contributed by atoms with E-state index in [1.54, 1.807) is 0 Å². The highest BCUT2D eigenvalue weighted by Gasteiger charge is 2.26. The van der Waals surface area contributed by atoms with Gasteiger partial charge >= 0.3 is 0 Å². The molecule has 0 aromatic carbocycles. The van der Waals surface area contributed by atoms with Crippen molar-refractivity contribution in [1.29, 1.82) is 0 Å². The third-order valence-corrected chi connectivity index (χ3v) is 4.65. The number of amides is 1. The van der Waals surface area contributed by atoms with Gasteiger partial charge in [-0.15, -0.1) is 0 Å². The Bertz CT molecular complexity index is 421. The number of guanidine groups is 1. The predicted molar refractivity (Wildman–Crippen MR) is 96.1 cm³/mol. The van der Waals surface area contributed by atoms with E-state index >= 15 is 0 Å². The molecule has 1 atom stereocenters. The molecule has 7 heteroatoms. The molecule has 138 valence electrons. The Balaban J connectivity index is 1.67. The van der Waals surface area contributed by atoms with Crippen molar-refractivity contribution in [2.75, 3.05) is 66.1 Å². The Hall–Kier alpha value is -1.34. The third kappa shape index (κ3) is 5.94. The van der Waals surface area contributed by atoms with Crippen LogP contribution in [0.5, 0.6) is 0 Å². The molecule has 0 aliphatic carbocycles. The van der Waals surface area contributed by atoms with Crippen LogP contribution in [0, 0.1) is 11.8 Å². The number of carbonyl (C=O) groups is 1. The Labute approximate surface area is 145 Å². The molecule has 0 aromatic heterocycles. The lowest BCUT2D eigenvalue weighted by Gasteiger charge is -2.29. The summed E-state index contributed by atoms with van der Waals surface area (Å²) in [6.07, 6.45) is 1.21. The number of rotatable bonds is 6. The molecule has 2 aliphatic heterocycles. The molecule has 2 heterocycles. The Morgan fingerprint density at radius 2 is 1.92 bits per heavy atom. The average Bonchev–Trinajstić information content (AvgIpc) is 3.03. The summed E-state index contributed by atoms with van der Waals surface area (Å²) >= 11 is 0. The second kappa shape index (κ2) is 9.84. The molecule has 1 unspecified atom stereocenters. The van der Waals surface area contributed by atoms with Crippen LogP contribution in [-0.2, 0) is 9.53 Å². The molecule has 0 bridgehead atoms. The first-order chi connectivity index (χ1) is 11.6. The number of ether oxygens (including phenoxy) is 1. The summed E-state index contributed by atoms with van der Waals surface area (Å²) in [6, 6.07) is 0. The first kappa shape index (κ1) is 19.0. The summed E-state index contributed by atoms with van der Waals surface area (Å²) in [6.45, 7) is 12.2. The zero-order chi connectivity index (χ0) is 17.4. The van der Waals surface area contributed by atoms with Gasteiger partial charge in [-0.3, -0.25) is 14.7 Å². The number of hydrogen-bond donors (Lipinski definition) is 2. The summed E-state index contributed by atoms with van der Waals surface area (Å²) in [5, 5.41) is 6.28. The fourth-order valence-electron chi connectivity index (χ4n) is 3.22. The van der Waals surface area contributed by atoms with Crippen molar-refractivity contribution in [2.45, 2.75) is 20.3 Å². The van der Waals surface area contributed by atoms with Gasteiger partial charge in [-0.05, 0) is 12.3 Å². The number of aliphatic imine (C=N–C) groups is 1. The number of hydrogen-bond acceptors (Lipinski definition) is 4. The summed E-state index contributed by atoms with van der Waals surface area (Å²) < 4.78 is 5.42. The molecule has 2 rings (SSSR count). The van der Waals surface area contributed by atoms with Crippen molar-refractivity contribution in [3.05, 3.63) is 0 Å². The van der Waals surface area contributed by atoms with Gasteiger partial charge in [0.1, 0.15) is 0 Å². The molecule has 2 saturated heterocycles. The Morgan fingerprint density at radius 3 is 2.58 bits per heavy atom. The van der Waals surface area contributed by atoms with Crippen LogP contribution in [0.15, 0.2) is 4.99 Å². The van der Waals surface area contributed by atoms with Crippen molar-refractivity contribution in [2.24, 2.45) is 16.8 Å². The van der Waals surface area contributed by atoms with E-state index in [4.69, 9.17) is 4.74 Å². The highest BCUT2D eigenvalue weighted by atomic mass is 16.5. The summed E-state index contributed by atoms with van der Waals surface area (Å²) in [5.74, 6) is 1.77. The number of morpholine rings is 1. The topological polar surface area (TPSA) is 69.2 Å². The molecule has 0 aromatic rings. The zero-order valence-electron chi connectivity index (χ0n) is 15.4. The maximum atomic E-state index is 11.6. The average molecular weight is 339 g/mol. The lowest BCUT2D eigenvalue weighted by Crippen LogP contribution is -2.44. The van der Waals surface area contributed by atoms with Crippen molar-refractivity contribution < 1.29 is 9.53 Å². The monoisotopic (exact) mass is 339 g/mol. The van der Waals surface area contributed by atoms with Crippen molar-refractivity contribution in [1.82, 2.24) is 20.4 Å². The highest BCUT2D eigenvalue weighted by molar-refractivity contribution is 5.80. The van der Waals surface area contributed by atoms with Crippen LogP contribution in [0.3, 0.4) is 0 Å². The Morgan fingerprint density at radius 1 is 1.21 bits per heavy atom. The van der Waals surface area contributed by atoms with E-state index in [0.717, 1.165) is 51.9 Å². The molecule has 0 spiro atoms. The van der Waals surface area contributed by atoms with Crippen LogP contribution < -0.4 is 10.6 Å². The molecule has 2 aliphatic rings. The van der Waals surface area contributed by atoms with Gasteiger partial charge in [0, 0.05) is 58.8 Å². The van der Waals surface area contributed by atoms with Gasteiger partial charge < -0.3 is 20.3 Å². The van der Waals surface area contributed by atoms with Gasteiger partial charge in [0.05, 0.1) is 13.2 Å². The molecular weight excluding hydrogens is 306 g/mol. The van der Waals surface area contributed by atoms with Gasteiger partial charge in [0.2, 0.25) is 5.91 Å². The largest absolute Gasteiger partial charge is 0.379 e. The normalized spacial score (nSPS) is 22.9. The zero-order valence-corrected chi connectivity index (χ0v) is 15.4. The van der Waals surface area contributed by atoms with E-state index in [1.165, 1.54) is 6.42 Å². The molecule has 2 N–H and O–H groups in total. The molecule has 0 saturated carbocycles. The van der Waals surface area contributed by atoms with Crippen LogP contribution >= 0.6 is 0 Å². The first-order valence-corrected chi connectivity index (χ1v) is 9.13. The SMILES string of the molecule is CN=C(NCCNC(=O)C(C)C)N1CCC(CN2CCOCC2)C1. The molecular formula is C17H33N5O2. The second-order valence-electron chi connectivity index (χ2n) is 6.93. The number of nitrogens with zero attached hydrogens (tertiary/aromatic N) is 3. The molecule has 1 amide bonds. The molecule has 24 heavy (non-hydrogen) atoms. The van der Waals surface area contributed by atoms with Crippen LogP contribution in [0.2, 0.25) is 0 Å². The second-order valence-corrected chi connectivity index (χ2v) is 6.93. The van der Waals surface area contributed by atoms with Crippen LogP contribution in [0.4, 0.5) is 0 Å². The van der Waals surface area contributed by atoms with E-state index in [-0.39, 0.29) is 11.8 Å². The number of carbonyl (C=O) groups excluding carboxylic acids is 1. The van der Waals surface area contributed by atoms with E-state index in [1.807, 2.05) is 20.9 Å². The smallest absolute Gasteiger partial charge is 0.222 e. The maximum absolute atomic E-state index is 11.6. The van der Waals surface area contributed by atoms with E-state index in [0.29, 0.717) is 19.0 Å². The number of nitrogens with one attached hydrogen (secondary N) is 2. The minimum absolute atomic E-state index is 0.0313. The number of likely N-dealkylation sites (tertiary alicyclic amines) is 1. The van der Waals surface area contributed by atoms with Gasteiger partial charge in [0.15, 0.2) is 5.96 Å². The summed E-state index contributed by atoms with van der Waals surface area (Å²) in [5.41, 5.74) is 0. The minimum Gasteiger partial charge on any atom is -0.379 e. The summed E-state index contributed by atoms with van der Waals surface area (Å²) in [4.78, 5) is 20.8. The van der Waals surface area contributed by atoms with Crippen molar-refractivity contribution >= 4 is 11.9 Å². The van der Waals surface area contributed by atoms with Gasteiger partial charge in [-0.25, -0.2) is 0 Å². The fraction of sp³-hybridized carbons (Fsp3) is 0.882. The lowest BCUT2D eigenvalue weighted by atomic mass is 10.1. The van der Waals surface area contributed by atoms with Gasteiger partial charge in [0.25, 0.3) is 0 Å². The minimum atomic E-state index is 0.0313. The first-order valence-electron chi connectivity index (χ1n) is 9.13. The molecule has 2 fully saturated rings. The maximum Gasteiger partial charge on any atom is 0.222 e. The molecule has 7 nitrogen and oxygen atoms in total. The van der Waals surface area contributed by atoms with Gasteiger partial charge in [-0.1, -0.05) is 13.8 Å². The van der Waals surface area contributed by atoms with Gasteiger partial charge in [-0.2, -0.15) is 0 Å². The van der Waals surface area contributed by atoms with E-state index in [9.17, 15) is 4.79 Å². The predicted octanol–water partition coefficient (Wildman–Crippen LogP) is -0.0119. The van der Waals surface area contributed by atoms with E-state index < -0.39 is 0 Å². The van der Waals surface area contributed by atoms with Crippen LogP contribution in [0.1, 0.15) is 20.3 Å². The third-order valence-electron chi connectivity index (χ3n) is 4.65. The van der Waals surface area contributed by atoms with Crippen molar-refractivity contribution in [3.8, 4) is 0 Å². The lowest BCUT2D eigenvalue weighted by molar-refractivity contribution is -0.123. The Kier molecular flexibility index (Phi) is 7.78. The van der Waals surface area contributed by atoms with E-state index in [2.05, 4.69) is 25.4 Å². The van der Waals surface area contributed by atoms with Crippen molar-refractivity contribution in [3.63, 3.8) is 0 Å². The fourth-order valence-corrected chi connectivity index (χ4v) is 3.22. The highest BCUT2D eigenvalue weighted by Crippen LogP contribution is 2.18. The quantitative estimate of drug-likeness (QED) is 0.405. The molecule has 0 radical (unpaired) electrons. The van der Waals surface area contributed by atoms with Crippen LogP contribution in [-0.4, -0.2) is 87.7 Å². The standard InChI is InChI=1S/C17H33N5O2/c1-14(2)16(23)19-5-6-20-17(18-3)22-7-4-15(13-22)12-21-8-10-24-11-9-21/h14-15H,4-13H2,1-3H3,(H,18,20)(H,19,23). The summed E-state index contributed by atoms with van der Waals surface area (Å²) in [7, 11) is 1.82.